The maximum atomic E-state index is 12.4. The van der Waals surface area contributed by atoms with Crippen molar-refractivity contribution in [3.8, 4) is 0 Å². The lowest BCUT2D eigenvalue weighted by molar-refractivity contribution is -0.149. The van der Waals surface area contributed by atoms with E-state index in [1.54, 1.807) is 4.90 Å². The molecule has 19 heavy (non-hydrogen) atoms. The zero-order valence-electron chi connectivity index (χ0n) is 10.9. The third kappa shape index (κ3) is 1.87. The molecule has 2 atom stereocenters. The fourth-order valence-corrected chi connectivity index (χ4v) is 4.33. The Labute approximate surface area is 116 Å². The Bertz CT molecular complexity index is 539. The third-order valence-corrected chi connectivity index (χ3v) is 5.52. The highest BCUT2D eigenvalue weighted by Crippen LogP contribution is 2.49. The Morgan fingerprint density at radius 2 is 2.26 bits per heavy atom. The average molecular weight is 279 g/mol. The molecular weight excluding hydrogens is 262 g/mol. The van der Waals surface area contributed by atoms with Crippen LogP contribution in [0.25, 0.3) is 0 Å². The lowest BCUT2D eigenvalue weighted by Gasteiger charge is -2.23. The van der Waals surface area contributed by atoms with Crippen LogP contribution in [-0.2, 0) is 4.79 Å². The van der Waals surface area contributed by atoms with Crippen molar-refractivity contribution in [2.45, 2.75) is 26.2 Å². The first-order valence-electron chi connectivity index (χ1n) is 6.62. The van der Waals surface area contributed by atoms with Crippen LogP contribution in [-0.4, -0.2) is 35.0 Å². The topological polar surface area (TPSA) is 57.6 Å². The van der Waals surface area contributed by atoms with Gasteiger partial charge in [-0.25, -0.2) is 0 Å². The van der Waals surface area contributed by atoms with E-state index in [-0.39, 0.29) is 11.8 Å². The molecule has 1 saturated carbocycles. The molecule has 0 radical (unpaired) electrons. The molecular formula is C14H17NO3S. The molecule has 2 fully saturated rings. The van der Waals surface area contributed by atoms with E-state index in [0.29, 0.717) is 19.5 Å². The molecule has 1 aromatic heterocycles. The molecule has 2 aliphatic rings. The van der Waals surface area contributed by atoms with Crippen LogP contribution in [0.5, 0.6) is 0 Å². The molecule has 1 saturated heterocycles. The largest absolute Gasteiger partial charge is 0.481 e. The number of aryl methyl sites for hydroxylation is 1. The van der Waals surface area contributed by atoms with Crippen LogP contribution < -0.4 is 0 Å². The van der Waals surface area contributed by atoms with Gasteiger partial charge in [-0.15, -0.1) is 11.3 Å². The van der Waals surface area contributed by atoms with E-state index in [1.165, 1.54) is 11.3 Å². The number of hydrogen-bond donors (Lipinski definition) is 1. The molecule has 5 heteroatoms. The minimum atomic E-state index is -0.729. The average Bonchev–Trinajstić information content (AvgIpc) is 3.00. The number of likely N-dealkylation sites (tertiary alicyclic amines) is 1. The summed E-state index contributed by atoms with van der Waals surface area (Å²) >= 11 is 1.48. The van der Waals surface area contributed by atoms with Gasteiger partial charge in [0.25, 0.3) is 5.91 Å². The monoisotopic (exact) mass is 279 g/mol. The predicted octanol–water partition coefficient (Wildman–Crippen LogP) is 2.38. The molecule has 4 nitrogen and oxygen atoms in total. The first-order valence-corrected chi connectivity index (χ1v) is 7.44. The van der Waals surface area contributed by atoms with Crippen LogP contribution in [0, 0.1) is 18.3 Å². The minimum absolute atomic E-state index is 0.00637. The summed E-state index contributed by atoms with van der Waals surface area (Å²) in [6.07, 6.45) is 2.61. The number of carbonyl (C=O) groups is 2. The van der Waals surface area contributed by atoms with Crippen LogP contribution in [0.3, 0.4) is 0 Å². The second-order valence-electron chi connectivity index (χ2n) is 5.65. The quantitative estimate of drug-likeness (QED) is 0.904. The van der Waals surface area contributed by atoms with Gasteiger partial charge in [0.15, 0.2) is 0 Å². The van der Waals surface area contributed by atoms with Gasteiger partial charge in [0.05, 0.1) is 10.3 Å². The van der Waals surface area contributed by atoms with Crippen molar-refractivity contribution in [3.05, 3.63) is 21.9 Å². The standard InChI is InChI=1S/C14H17NO3S/c1-9-4-5-11(19-9)12(16)15-7-10-3-2-6-14(10,8-15)13(17)18/h4-5,10H,2-3,6-8H2,1H3,(H,17,18)/t10-,14+/m0/s1. The van der Waals surface area contributed by atoms with Crippen LogP contribution in [0.2, 0.25) is 0 Å². The SMILES string of the molecule is Cc1ccc(C(=O)N2C[C@@H]3CCC[C@@]3(C(=O)O)C2)s1. The Morgan fingerprint density at radius 3 is 2.84 bits per heavy atom. The van der Waals surface area contributed by atoms with E-state index < -0.39 is 11.4 Å². The number of thiophene rings is 1. The smallest absolute Gasteiger partial charge is 0.311 e. The molecule has 3 rings (SSSR count). The molecule has 1 amide bonds. The molecule has 0 bridgehead atoms. The summed E-state index contributed by atoms with van der Waals surface area (Å²) in [5.41, 5.74) is -0.679. The Kier molecular flexibility index (Phi) is 2.89. The van der Waals surface area contributed by atoms with Gasteiger partial charge in [-0.3, -0.25) is 9.59 Å². The maximum Gasteiger partial charge on any atom is 0.311 e. The molecule has 1 N–H and O–H groups in total. The highest BCUT2D eigenvalue weighted by atomic mass is 32.1. The van der Waals surface area contributed by atoms with Crippen LogP contribution >= 0.6 is 11.3 Å². The molecule has 0 spiro atoms. The van der Waals surface area contributed by atoms with Gasteiger partial charge in [-0.05, 0) is 37.8 Å². The molecule has 102 valence electrons. The summed E-state index contributed by atoms with van der Waals surface area (Å²) in [5, 5.41) is 9.51. The molecule has 1 aromatic rings. The summed E-state index contributed by atoms with van der Waals surface area (Å²) in [6.45, 7) is 2.95. The van der Waals surface area contributed by atoms with Crippen LogP contribution in [0.4, 0.5) is 0 Å². The van der Waals surface area contributed by atoms with E-state index in [1.807, 2.05) is 19.1 Å². The van der Waals surface area contributed by atoms with Gasteiger partial charge in [-0.1, -0.05) is 6.42 Å². The summed E-state index contributed by atoms with van der Waals surface area (Å²) in [6, 6.07) is 3.77. The Balaban J connectivity index is 1.82. The summed E-state index contributed by atoms with van der Waals surface area (Å²) < 4.78 is 0. The first kappa shape index (κ1) is 12.7. The molecule has 1 aliphatic heterocycles. The summed E-state index contributed by atoms with van der Waals surface area (Å²) in [7, 11) is 0. The first-order chi connectivity index (χ1) is 9.03. The normalized spacial score (nSPS) is 29.5. The van der Waals surface area contributed by atoms with Crippen molar-refractivity contribution in [1.82, 2.24) is 4.90 Å². The van der Waals surface area contributed by atoms with Crippen molar-refractivity contribution >= 4 is 23.2 Å². The van der Waals surface area contributed by atoms with Gasteiger partial charge in [-0.2, -0.15) is 0 Å². The van der Waals surface area contributed by atoms with Gasteiger partial charge in [0.2, 0.25) is 0 Å². The third-order valence-electron chi connectivity index (χ3n) is 4.54. The maximum absolute atomic E-state index is 12.4. The van der Waals surface area contributed by atoms with Gasteiger partial charge in [0, 0.05) is 18.0 Å². The van der Waals surface area contributed by atoms with Crippen molar-refractivity contribution < 1.29 is 14.7 Å². The predicted molar refractivity (Wildman–Crippen MR) is 72.4 cm³/mol. The number of rotatable bonds is 2. The van der Waals surface area contributed by atoms with E-state index in [2.05, 4.69) is 0 Å². The zero-order valence-corrected chi connectivity index (χ0v) is 11.7. The fourth-order valence-electron chi connectivity index (χ4n) is 3.50. The number of amides is 1. The van der Waals surface area contributed by atoms with Gasteiger partial charge >= 0.3 is 5.97 Å². The number of aliphatic carboxylic acids is 1. The van der Waals surface area contributed by atoms with Crippen molar-refractivity contribution in [2.24, 2.45) is 11.3 Å². The van der Waals surface area contributed by atoms with E-state index >= 15 is 0 Å². The summed E-state index contributed by atoms with van der Waals surface area (Å²) in [4.78, 5) is 27.5. The molecule has 1 aliphatic carbocycles. The van der Waals surface area contributed by atoms with E-state index in [9.17, 15) is 14.7 Å². The number of carboxylic acids is 1. The van der Waals surface area contributed by atoms with Crippen molar-refractivity contribution in [2.75, 3.05) is 13.1 Å². The van der Waals surface area contributed by atoms with Crippen LogP contribution in [0.1, 0.15) is 33.8 Å². The number of carbonyl (C=O) groups excluding carboxylic acids is 1. The van der Waals surface area contributed by atoms with E-state index in [4.69, 9.17) is 0 Å². The fraction of sp³-hybridized carbons (Fsp3) is 0.571. The highest BCUT2D eigenvalue weighted by Gasteiger charge is 2.55. The van der Waals surface area contributed by atoms with E-state index in [0.717, 1.165) is 22.6 Å². The van der Waals surface area contributed by atoms with Gasteiger partial charge < -0.3 is 10.0 Å². The molecule has 0 aromatic carbocycles. The van der Waals surface area contributed by atoms with Gasteiger partial charge in [0.1, 0.15) is 0 Å². The lowest BCUT2D eigenvalue weighted by atomic mass is 9.81. The minimum Gasteiger partial charge on any atom is -0.481 e. The Morgan fingerprint density at radius 1 is 1.47 bits per heavy atom. The highest BCUT2D eigenvalue weighted by molar-refractivity contribution is 7.13. The second-order valence-corrected chi connectivity index (χ2v) is 6.93. The number of hydrogen-bond acceptors (Lipinski definition) is 3. The summed E-state index contributed by atoms with van der Waals surface area (Å²) in [5.74, 6) is -0.601. The van der Waals surface area contributed by atoms with Crippen molar-refractivity contribution in [3.63, 3.8) is 0 Å². The second kappa shape index (κ2) is 4.34. The Hall–Kier alpha value is -1.36. The molecule has 0 unspecified atom stereocenters. The van der Waals surface area contributed by atoms with Crippen LogP contribution in [0.15, 0.2) is 12.1 Å². The number of carboxylic acid groups (broad SMARTS) is 1. The zero-order chi connectivity index (χ0) is 13.6. The van der Waals surface area contributed by atoms with Crippen molar-refractivity contribution in [1.29, 1.82) is 0 Å². The molecule has 2 heterocycles. The number of fused-ring (bicyclic) bond motifs is 1. The lowest BCUT2D eigenvalue weighted by Crippen LogP contribution is -2.37. The number of nitrogens with zero attached hydrogens (tertiary/aromatic N) is 1.